The number of alkyl halides is 1. The van der Waals surface area contributed by atoms with E-state index in [1.54, 1.807) is 12.1 Å². The molecule has 0 saturated heterocycles. The summed E-state index contributed by atoms with van der Waals surface area (Å²) in [6.07, 6.45) is 0. The van der Waals surface area contributed by atoms with Crippen LogP contribution >= 0.6 is 23.2 Å². The van der Waals surface area contributed by atoms with Gasteiger partial charge in [0.25, 0.3) is 0 Å². The van der Waals surface area contributed by atoms with Gasteiger partial charge in [-0.25, -0.2) is 9.37 Å². The van der Waals surface area contributed by atoms with Crippen molar-refractivity contribution in [1.82, 2.24) is 9.55 Å². The molecule has 20 heavy (non-hydrogen) atoms. The number of imidazole rings is 1. The summed E-state index contributed by atoms with van der Waals surface area (Å²) >= 11 is 11.9. The highest BCUT2D eigenvalue weighted by Crippen LogP contribution is 2.27. The van der Waals surface area contributed by atoms with Gasteiger partial charge in [-0.15, -0.1) is 11.6 Å². The lowest BCUT2D eigenvalue weighted by molar-refractivity contribution is 0.628. The zero-order valence-electron chi connectivity index (χ0n) is 10.7. The standard InChI is InChI=1S/C15H11Cl2FN2/c1-9-3-2-4-13-15(9)19-14(8-16)20(13)10-5-6-12(18)11(17)7-10/h2-7H,8H2,1H3. The van der Waals surface area contributed by atoms with Gasteiger partial charge in [0.1, 0.15) is 11.6 Å². The minimum absolute atomic E-state index is 0.0810. The smallest absolute Gasteiger partial charge is 0.141 e. The minimum Gasteiger partial charge on any atom is -0.295 e. The average Bonchev–Trinajstić information content (AvgIpc) is 2.82. The van der Waals surface area contributed by atoms with E-state index in [-0.39, 0.29) is 10.9 Å². The van der Waals surface area contributed by atoms with Crippen molar-refractivity contribution < 1.29 is 4.39 Å². The SMILES string of the molecule is Cc1cccc2c1nc(CCl)n2-c1ccc(F)c(Cl)c1. The Hall–Kier alpha value is -1.58. The second-order valence-electron chi connectivity index (χ2n) is 4.54. The zero-order valence-corrected chi connectivity index (χ0v) is 12.2. The van der Waals surface area contributed by atoms with Gasteiger partial charge in [0.15, 0.2) is 0 Å². The summed E-state index contributed by atoms with van der Waals surface area (Å²) in [5.74, 6) is 0.533. The molecule has 0 spiro atoms. The lowest BCUT2D eigenvalue weighted by atomic mass is 10.2. The fraction of sp³-hybridized carbons (Fsp3) is 0.133. The van der Waals surface area contributed by atoms with Crippen molar-refractivity contribution in [3.8, 4) is 5.69 Å². The lowest BCUT2D eigenvalue weighted by Gasteiger charge is -2.08. The first-order valence-corrected chi connectivity index (χ1v) is 7.01. The summed E-state index contributed by atoms with van der Waals surface area (Å²) in [4.78, 5) is 4.55. The Balaban J connectivity index is 2.34. The van der Waals surface area contributed by atoms with Crippen LogP contribution in [0.5, 0.6) is 0 Å². The van der Waals surface area contributed by atoms with E-state index in [0.29, 0.717) is 5.82 Å². The maximum atomic E-state index is 13.3. The molecular weight excluding hydrogens is 298 g/mol. The van der Waals surface area contributed by atoms with Crippen molar-refractivity contribution in [3.63, 3.8) is 0 Å². The van der Waals surface area contributed by atoms with Crippen LogP contribution in [0.2, 0.25) is 5.02 Å². The second-order valence-corrected chi connectivity index (χ2v) is 5.21. The quantitative estimate of drug-likeness (QED) is 0.618. The Morgan fingerprint density at radius 1 is 1.25 bits per heavy atom. The number of rotatable bonds is 2. The molecule has 102 valence electrons. The molecule has 1 aromatic heterocycles. The number of aromatic nitrogens is 2. The van der Waals surface area contributed by atoms with Crippen LogP contribution in [0.3, 0.4) is 0 Å². The van der Waals surface area contributed by atoms with Crippen LogP contribution in [0, 0.1) is 12.7 Å². The molecule has 0 aliphatic heterocycles. The van der Waals surface area contributed by atoms with E-state index in [1.165, 1.54) is 6.07 Å². The van der Waals surface area contributed by atoms with E-state index in [0.717, 1.165) is 22.3 Å². The molecule has 2 aromatic carbocycles. The van der Waals surface area contributed by atoms with Gasteiger partial charge < -0.3 is 0 Å². The summed E-state index contributed by atoms with van der Waals surface area (Å²) < 4.78 is 15.2. The third-order valence-corrected chi connectivity index (χ3v) is 3.77. The number of nitrogens with zero attached hydrogens (tertiary/aromatic N) is 2. The van der Waals surface area contributed by atoms with E-state index in [9.17, 15) is 4.39 Å². The molecule has 0 saturated carbocycles. The first-order chi connectivity index (χ1) is 9.61. The number of benzene rings is 2. The summed E-state index contributed by atoms with van der Waals surface area (Å²) in [6.45, 7) is 2.00. The Morgan fingerprint density at radius 2 is 2.05 bits per heavy atom. The highest BCUT2D eigenvalue weighted by atomic mass is 35.5. The van der Waals surface area contributed by atoms with Gasteiger partial charge in [0.2, 0.25) is 0 Å². The molecule has 0 aliphatic rings. The highest BCUT2D eigenvalue weighted by Gasteiger charge is 2.14. The topological polar surface area (TPSA) is 17.8 Å². The molecule has 0 atom stereocenters. The minimum atomic E-state index is -0.441. The number of hydrogen-bond donors (Lipinski definition) is 0. The number of halogens is 3. The Bertz CT molecular complexity index is 796. The van der Waals surface area contributed by atoms with Crippen molar-refractivity contribution in [3.05, 3.63) is 58.6 Å². The van der Waals surface area contributed by atoms with Gasteiger partial charge in [-0.1, -0.05) is 23.7 Å². The third-order valence-electron chi connectivity index (χ3n) is 3.24. The Morgan fingerprint density at radius 3 is 2.75 bits per heavy atom. The molecule has 2 nitrogen and oxygen atoms in total. The monoisotopic (exact) mass is 308 g/mol. The summed E-state index contributed by atoms with van der Waals surface area (Å²) in [6, 6.07) is 10.5. The van der Waals surface area contributed by atoms with Crippen LogP contribution in [-0.4, -0.2) is 9.55 Å². The van der Waals surface area contributed by atoms with Gasteiger partial charge in [-0.05, 0) is 36.8 Å². The van der Waals surface area contributed by atoms with Crippen LogP contribution in [0.25, 0.3) is 16.7 Å². The van der Waals surface area contributed by atoms with Crippen molar-refractivity contribution in [1.29, 1.82) is 0 Å². The predicted octanol–water partition coefficient (Wildman–Crippen LogP) is 4.87. The first-order valence-electron chi connectivity index (χ1n) is 6.10. The Kier molecular flexibility index (Phi) is 3.40. The summed E-state index contributed by atoms with van der Waals surface area (Å²) in [5.41, 5.74) is 3.65. The average molecular weight is 309 g/mol. The van der Waals surface area contributed by atoms with Gasteiger partial charge in [0.05, 0.1) is 21.9 Å². The Labute approximate surface area is 125 Å². The second kappa shape index (κ2) is 5.08. The molecule has 0 bridgehead atoms. The third kappa shape index (κ3) is 2.07. The molecule has 3 rings (SSSR count). The van der Waals surface area contributed by atoms with Crippen molar-refractivity contribution in [2.24, 2.45) is 0 Å². The molecule has 0 radical (unpaired) electrons. The number of fused-ring (bicyclic) bond motifs is 1. The van der Waals surface area contributed by atoms with Crippen molar-refractivity contribution in [2.75, 3.05) is 0 Å². The van der Waals surface area contributed by atoms with Crippen LogP contribution in [0.4, 0.5) is 4.39 Å². The predicted molar refractivity (Wildman–Crippen MR) is 80.3 cm³/mol. The van der Waals surface area contributed by atoms with Gasteiger partial charge in [-0.3, -0.25) is 4.57 Å². The van der Waals surface area contributed by atoms with Crippen molar-refractivity contribution >= 4 is 34.2 Å². The molecule has 0 N–H and O–H groups in total. The van der Waals surface area contributed by atoms with Crippen molar-refractivity contribution in [2.45, 2.75) is 12.8 Å². The maximum absolute atomic E-state index is 13.3. The van der Waals surface area contributed by atoms with Gasteiger partial charge >= 0.3 is 0 Å². The molecular formula is C15H11Cl2FN2. The molecule has 3 aromatic rings. The molecule has 0 aliphatic carbocycles. The normalized spacial score (nSPS) is 11.2. The fourth-order valence-corrected chi connectivity index (χ4v) is 2.64. The lowest BCUT2D eigenvalue weighted by Crippen LogP contribution is -1.99. The van der Waals surface area contributed by atoms with Crippen LogP contribution in [0.15, 0.2) is 36.4 Å². The number of aryl methyl sites for hydroxylation is 1. The van der Waals surface area contributed by atoms with E-state index in [4.69, 9.17) is 23.2 Å². The van der Waals surface area contributed by atoms with Gasteiger partial charge in [-0.2, -0.15) is 0 Å². The van der Waals surface area contributed by atoms with E-state index >= 15 is 0 Å². The largest absolute Gasteiger partial charge is 0.295 e. The fourth-order valence-electron chi connectivity index (χ4n) is 2.29. The highest BCUT2D eigenvalue weighted by molar-refractivity contribution is 6.30. The van der Waals surface area contributed by atoms with Crippen LogP contribution in [-0.2, 0) is 5.88 Å². The zero-order chi connectivity index (χ0) is 14.3. The van der Waals surface area contributed by atoms with Crippen LogP contribution in [0.1, 0.15) is 11.4 Å². The molecule has 0 unspecified atom stereocenters. The summed E-state index contributed by atoms with van der Waals surface area (Å²) in [5, 5.41) is 0.0810. The molecule has 1 heterocycles. The number of para-hydroxylation sites is 1. The van der Waals surface area contributed by atoms with Crippen LogP contribution < -0.4 is 0 Å². The maximum Gasteiger partial charge on any atom is 0.141 e. The van der Waals surface area contributed by atoms with E-state index in [1.807, 2.05) is 29.7 Å². The van der Waals surface area contributed by atoms with E-state index in [2.05, 4.69) is 4.98 Å². The van der Waals surface area contributed by atoms with E-state index < -0.39 is 5.82 Å². The first kappa shape index (κ1) is 13.4. The molecule has 0 fully saturated rings. The molecule has 0 amide bonds. The van der Waals surface area contributed by atoms with Gasteiger partial charge in [0, 0.05) is 5.69 Å². The number of hydrogen-bond acceptors (Lipinski definition) is 1. The molecule has 5 heteroatoms. The summed E-state index contributed by atoms with van der Waals surface area (Å²) in [7, 11) is 0.